The molecule has 1 N–H and O–H groups in total. The highest BCUT2D eigenvalue weighted by Gasteiger charge is 2.10. The summed E-state index contributed by atoms with van der Waals surface area (Å²) in [5.74, 6) is 0. The second kappa shape index (κ2) is 3.93. The van der Waals surface area contributed by atoms with E-state index >= 15 is 0 Å². The molecule has 0 saturated heterocycles. The molecule has 1 rings (SSSR count). The van der Waals surface area contributed by atoms with E-state index in [4.69, 9.17) is 0 Å². The van der Waals surface area contributed by atoms with Crippen LogP contribution in [-0.4, -0.2) is 47.2 Å². The molecule has 0 aromatic carbocycles. The van der Waals surface area contributed by atoms with Crippen molar-refractivity contribution in [3.8, 4) is 0 Å². The lowest BCUT2D eigenvalue weighted by Crippen LogP contribution is -2.35. The number of H-pyrrole nitrogens is 1. The highest BCUT2D eigenvalue weighted by molar-refractivity contribution is 5.73. The Morgan fingerprint density at radius 2 is 2.23 bits per heavy atom. The van der Waals surface area contributed by atoms with Crippen LogP contribution in [0.2, 0.25) is 0 Å². The molecule has 5 nitrogen and oxygen atoms in total. The van der Waals surface area contributed by atoms with Crippen molar-refractivity contribution in [1.29, 1.82) is 0 Å². The first-order valence-corrected chi connectivity index (χ1v) is 4.01. The Morgan fingerprint density at radius 3 is 2.69 bits per heavy atom. The van der Waals surface area contributed by atoms with Crippen LogP contribution in [0.5, 0.6) is 0 Å². The van der Waals surface area contributed by atoms with Crippen LogP contribution in [0.1, 0.15) is 5.56 Å². The van der Waals surface area contributed by atoms with Crippen molar-refractivity contribution in [2.45, 2.75) is 6.54 Å². The van der Waals surface area contributed by atoms with Gasteiger partial charge in [0.1, 0.15) is 0 Å². The van der Waals surface area contributed by atoms with E-state index in [-0.39, 0.29) is 6.03 Å². The van der Waals surface area contributed by atoms with Crippen LogP contribution in [0.4, 0.5) is 4.79 Å². The fourth-order valence-electron chi connectivity index (χ4n) is 1.05. The Bertz CT molecular complexity index is 268. The van der Waals surface area contributed by atoms with E-state index in [0.29, 0.717) is 6.54 Å². The number of aromatic nitrogens is 2. The van der Waals surface area contributed by atoms with Gasteiger partial charge in [-0.1, -0.05) is 0 Å². The average Bonchev–Trinajstić information content (AvgIpc) is 2.55. The van der Waals surface area contributed by atoms with Crippen molar-refractivity contribution in [1.82, 2.24) is 20.0 Å². The van der Waals surface area contributed by atoms with E-state index in [1.807, 2.05) is 0 Å². The molecular weight excluding hydrogens is 168 g/mol. The van der Waals surface area contributed by atoms with Gasteiger partial charge in [-0.25, -0.2) is 4.79 Å². The van der Waals surface area contributed by atoms with Crippen LogP contribution < -0.4 is 0 Å². The average molecular weight is 182 g/mol. The maximum absolute atomic E-state index is 11.4. The minimum atomic E-state index is -0.0128. The summed E-state index contributed by atoms with van der Waals surface area (Å²) in [4.78, 5) is 14.6. The molecule has 1 aromatic heterocycles. The van der Waals surface area contributed by atoms with Crippen LogP contribution >= 0.6 is 0 Å². The first kappa shape index (κ1) is 9.57. The molecule has 0 spiro atoms. The molecule has 0 atom stereocenters. The number of urea groups is 1. The van der Waals surface area contributed by atoms with E-state index in [1.54, 1.807) is 43.3 Å². The van der Waals surface area contributed by atoms with Gasteiger partial charge in [-0.15, -0.1) is 0 Å². The second-order valence-electron chi connectivity index (χ2n) is 3.14. The normalized spacial score (nSPS) is 9.77. The highest BCUT2D eigenvalue weighted by atomic mass is 16.2. The predicted octanol–water partition coefficient (Wildman–Crippen LogP) is 0.523. The molecule has 2 amide bonds. The van der Waals surface area contributed by atoms with Gasteiger partial charge >= 0.3 is 6.03 Å². The number of hydrogen-bond donors (Lipinski definition) is 1. The van der Waals surface area contributed by atoms with Gasteiger partial charge in [0.15, 0.2) is 0 Å². The van der Waals surface area contributed by atoms with Gasteiger partial charge in [-0.3, -0.25) is 5.10 Å². The molecule has 0 aliphatic rings. The topological polar surface area (TPSA) is 52.2 Å². The molecule has 0 radical (unpaired) electrons. The first-order chi connectivity index (χ1) is 6.11. The van der Waals surface area contributed by atoms with E-state index in [1.165, 1.54) is 0 Å². The fourth-order valence-corrected chi connectivity index (χ4v) is 1.05. The summed E-state index contributed by atoms with van der Waals surface area (Å²) in [5.41, 5.74) is 0.998. The third-order valence-electron chi connectivity index (χ3n) is 1.68. The Kier molecular flexibility index (Phi) is 2.89. The monoisotopic (exact) mass is 182 g/mol. The SMILES string of the molecule is CN(C)C(=O)N(C)Cc1cn[nH]c1. The molecule has 13 heavy (non-hydrogen) atoms. The van der Waals surface area contributed by atoms with Gasteiger partial charge in [-0.05, 0) is 0 Å². The second-order valence-corrected chi connectivity index (χ2v) is 3.14. The van der Waals surface area contributed by atoms with Gasteiger partial charge < -0.3 is 9.80 Å². The number of nitrogens with one attached hydrogen (secondary N) is 1. The number of hydrogen-bond acceptors (Lipinski definition) is 2. The van der Waals surface area contributed by atoms with Crippen LogP contribution in [0.15, 0.2) is 12.4 Å². The minimum Gasteiger partial charge on any atom is -0.331 e. The summed E-state index contributed by atoms with van der Waals surface area (Å²) in [7, 11) is 5.22. The molecule has 1 heterocycles. The van der Waals surface area contributed by atoms with Crippen molar-refractivity contribution in [2.75, 3.05) is 21.1 Å². The molecule has 0 saturated carbocycles. The lowest BCUT2D eigenvalue weighted by Gasteiger charge is -2.20. The molecule has 0 unspecified atom stereocenters. The van der Waals surface area contributed by atoms with Crippen LogP contribution in [-0.2, 0) is 6.54 Å². The summed E-state index contributed by atoms with van der Waals surface area (Å²) in [5, 5.41) is 6.50. The van der Waals surface area contributed by atoms with Gasteiger partial charge in [-0.2, -0.15) is 5.10 Å². The maximum atomic E-state index is 11.4. The standard InChI is InChI=1S/C8H14N4O/c1-11(2)8(13)12(3)6-7-4-9-10-5-7/h4-5H,6H2,1-3H3,(H,9,10). The van der Waals surface area contributed by atoms with E-state index in [2.05, 4.69) is 10.2 Å². The minimum absolute atomic E-state index is 0.0128. The smallest absolute Gasteiger partial charge is 0.319 e. The highest BCUT2D eigenvalue weighted by Crippen LogP contribution is 2.01. The summed E-state index contributed by atoms with van der Waals surface area (Å²) in [6.45, 7) is 0.577. The number of nitrogens with zero attached hydrogens (tertiary/aromatic N) is 3. The van der Waals surface area contributed by atoms with E-state index in [9.17, 15) is 4.79 Å². The third kappa shape index (κ3) is 2.47. The number of amides is 2. The Labute approximate surface area is 77.3 Å². The number of carbonyl (C=O) groups excluding carboxylic acids is 1. The summed E-state index contributed by atoms with van der Waals surface area (Å²) < 4.78 is 0. The van der Waals surface area contributed by atoms with Crippen molar-refractivity contribution >= 4 is 6.03 Å². The molecule has 5 heteroatoms. The molecule has 1 aromatic rings. The van der Waals surface area contributed by atoms with Gasteiger partial charge in [0.05, 0.1) is 12.7 Å². The van der Waals surface area contributed by atoms with Crippen LogP contribution in [0.25, 0.3) is 0 Å². The van der Waals surface area contributed by atoms with E-state index in [0.717, 1.165) is 5.56 Å². The van der Waals surface area contributed by atoms with Gasteiger partial charge in [0, 0.05) is 32.9 Å². The van der Waals surface area contributed by atoms with Crippen LogP contribution in [0.3, 0.4) is 0 Å². The van der Waals surface area contributed by atoms with Crippen molar-refractivity contribution < 1.29 is 4.79 Å². The largest absolute Gasteiger partial charge is 0.331 e. The van der Waals surface area contributed by atoms with Gasteiger partial charge in [0.2, 0.25) is 0 Å². The maximum Gasteiger partial charge on any atom is 0.319 e. The zero-order valence-electron chi connectivity index (χ0n) is 8.11. The molecule has 0 bridgehead atoms. The molecule has 0 aliphatic carbocycles. The Hall–Kier alpha value is -1.52. The third-order valence-corrected chi connectivity index (χ3v) is 1.68. The van der Waals surface area contributed by atoms with Crippen molar-refractivity contribution in [2.24, 2.45) is 0 Å². The molecule has 0 aliphatic heterocycles. The summed E-state index contributed by atoms with van der Waals surface area (Å²) in [6, 6.07) is -0.0128. The molecule has 0 fully saturated rings. The zero-order chi connectivity index (χ0) is 9.84. The fraction of sp³-hybridized carbons (Fsp3) is 0.500. The lowest BCUT2D eigenvalue weighted by atomic mass is 10.3. The molecular formula is C8H14N4O. The summed E-state index contributed by atoms with van der Waals surface area (Å²) in [6.07, 6.45) is 3.49. The number of carbonyl (C=O) groups is 1. The summed E-state index contributed by atoms with van der Waals surface area (Å²) >= 11 is 0. The van der Waals surface area contributed by atoms with Crippen LogP contribution in [0, 0.1) is 0 Å². The Morgan fingerprint density at radius 1 is 1.54 bits per heavy atom. The van der Waals surface area contributed by atoms with Gasteiger partial charge in [0.25, 0.3) is 0 Å². The quantitative estimate of drug-likeness (QED) is 0.725. The lowest BCUT2D eigenvalue weighted by molar-refractivity contribution is 0.180. The number of aromatic amines is 1. The first-order valence-electron chi connectivity index (χ1n) is 4.01. The molecule has 72 valence electrons. The number of rotatable bonds is 2. The van der Waals surface area contributed by atoms with Crippen molar-refractivity contribution in [3.63, 3.8) is 0 Å². The Balaban J connectivity index is 2.51. The van der Waals surface area contributed by atoms with Crippen molar-refractivity contribution in [3.05, 3.63) is 18.0 Å². The zero-order valence-corrected chi connectivity index (χ0v) is 8.11. The predicted molar refractivity (Wildman–Crippen MR) is 49.1 cm³/mol. The van der Waals surface area contributed by atoms with E-state index < -0.39 is 0 Å².